The molecule has 20 heavy (non-hydrogen) atoms. The van der Waals surface area contributed by atoms with Crippen LogP contribution in [-0.4, -0.2) is 59.9 Å². The molecular formula is C15H27N3O2. The minimum Gasteiger partial charge on any atom is -0.340 e. The van der Waals surface area contributed by atoms with Crippen LogP contribution in [0.15, 0.2) is 0 Å². The van der Waals surface area contributed by atoms with Crippen molar-refractivity contribution >= 4 is 11.8 Å². The largest absolute Gasteiger partial charge is 0.340 e. The maximum atomic E-state index is 12.9. The number of nitrogens with zero attached hydrogens (tertiary/aromatic N) is 2. The maximum Gasteiger partial charge on any atom is 0.249 e. The molecule has 114 valence electrons. The first-order valence-corrected chi connectivity index (χ1v) is 7.67. The zero-order valence-electron chi connectivity index (χ0n) is 13.1. The van der Waals surface area contributed by atoms with Crippen LogP contribution < -0.4 is 5.32 Å². The lowest BCUT2D eigenvalue weighted by Gasteiger charge is -2.46. The van der Waals surface area contributed by atoms with Gasteiger partial charge in [0.1, 0.15) is 11.6 Å². The van der Waals surface area contributed by atoms with Crippen molar-refractivity contribution in [1.29, 1.82) is 0 Å². The van der Waals surface area contributed by atoms with E-state index in [4.69, 9.17) is 0 Å². The Hall–Kier alpha value is -1.10. The second-order valence-electron chi connectivity index (χ2n) is 6.61. The fourth-order valence-electron chi connectivity index (χ4n) is 3.43. The quantitative estimate of drug-likeness (QED) is 0.836. The van der Waals surface area contributed by atoms with Crippen molar-refractivity contribution in [3.8, 4) is 0 Å². The molecule has 2 rings (SSSR count). The van der Waals surface area contributed by atoms with Gasteiger partial charge in [-0.15, -0.1) is 0 Å². The van der Waals surface area contributed by atoms with Crippen LogP contribution in [0.2, 0.25) is 0 Å². The molecule has 0 radical (unpaired) electrons. The number of amides is 2. The van der Waals surface area contributed by atoms with Crippen LogP contribution in [0.3, 0.4) is 0 Å². The molecule has 1 saturated carbocycles. The highest BCUT2D eigenvalue weighted by Gasteiger charge is 2.51. The summed E-state index contributed by atoms with van der Waals surface area (Å²) in [6, 6.07) is -0.255. The van der Waals surface area contributed by atoms with Crippen LogP contribution in [0, 0.1) is 0 Å². The van der Waals surface area contributed by atoms with Gasteiger partial charge in [0.25, 0.3) is 0 Å². The number of hydrogen-bond acceptors (Lipinski definition) is 3. The minimum absolute atomic E-state index is 0.00297. The molecule has 1 heterocycles. The van der Waals surface area contributed by atoms with Crippen molar-refractivity contribution in [3.05, 3.63) is 0 Å². The van der Waals surface area contributed by atoms with E-state index in [9.17, 15) is 9.59 Å². The lowest BCUT2D eigenvalue weighted by molar-refractivity contribution is -0.156. The van der Waals surface area contributed by atoms with E-state index in [0.717, 1.165) is 38.6 Å². The molecule has 0 bridgehead atoms. The zero-order chi connectivity index (χ0) is 14.9. The van der Waals surface area contributed by atoms with Gasteiger partial charge in [0.05, 0.1) is 0 Å². The Kier molecular flexibility index (Phi) is 4.37. The van der Waals surface area contributed by atoms with Gasteiger partial charge in [-0.1, -0.05) is 12.8 Å². The predicted octanol–water partition coefficient (Wildman–Crippen LogP) is 0.986. The van der Waals surface area contributed by atoms with Crippen LogP contribution in [0.25, 0.3) is 0 Å². The summed E-state index contributed by atoms with van der Waals surface area (Å²) in [5.41, 5.74) is -0.601. The summed E-state index contributed by atoms with van der Waals surface area (Å²) in [4.78, 5) is 29.1. The van der Waals surface area contributed by atoms with Crippen LogP contribution >= 0.6 is 0 Å². The Bertz CT molecular complexity index is 389. The third-order valence-electron chi connectivity index (χ3n) is 4.73. The first-order chi connectivity index (χ1) is 9.37. The van der Waals surface area contributed by atoms with Gasteiger partial charge in [0.2, 0.25) is 11.8 Å². The van der Waals surface area contributed by atoms with Crippen LogP contribution in [0.1, 0.15) is 46.0 Å². The van der Waals surface area contributed by atoms with E-state index >= 15 is 0 Å². The summed E-state index contributed by atoms with van der Waals surface area (Å²) in [6.07, 6.45) is 4.54. The molecule has 1 spiro atoms. The third kappa shape index (κ3) is 2.68. The second kappa shape index (κ2) is 5.72. The van der Waals surface area contributed by atoms with Crippen molar-refractivity contribution in [3.63, 3.8) is 0 Å². The van der Waals surface area contributed by atoms with Crippen LogP contribution in [0.5, 0.6) is 0 Å². The number of nitrogens with one attached hydrogen (secondary N) is 1. The van der Waals surface area contributed by atoms with E-state index in [1.54, 1.807) is 0 Å². The fourth-order valence-corrected chi connectivity index (χ4v) is 3.43. The lowest BCUT2D eigenvalue weighted by atomic mass is 9.89. The van der Waals surface area contributed by atoms with Gasteiger partial charge in [-0.3, -0.25) is 9.59 Å². The van der Waals surface area contributed by atoms with E-state index in [0.29, 0.717) is 0 Å². The Balaban J connectivity index is 2.15. The molecule has 1 saturated heterocycles. The summed E-state index contributed by atoms with van der Waals surface area (Å²) in [7, 11) is 4.05. The number of carbonyl (C=O) groups is 2. The lowest BCUT2D eigenvalue weighted by Crippen LogP contribution is -2.70. The van der Waals surface area contributed by atoms with Crippen LogP contribution in [-0.2, 0) is 9.59 Å². The van der Waals surface area contributed by atoms with Gasteiger partial charge in [-0.2, -0.15) is 0 Å². The summed E-state index contributed by atoms with van der Waals surface area (Å²) < 4.78 is 0. The number of carbonyl (C=O) groups excluding carboxylic acids is 2. The van der Waals surface area contributed by atoms with Gasteiger partial charge in [-0.25, -0.2) is 0 Å². The topological polar surface area (TPSA) is 52.6 Å². The third-order valence-corrected chi connectivity index (χ3v) is 4.73. The van der Waals surface area contributed by atoms with Crippen molar-refractivity contribution in [2.24, 2.45) is 0 Å². The molecule has 2 aliphatic rings. The van der Waals surface area contributed by atoms with Crippen molar-refractivity contribution in [1.82, 2.24) is 15.1 Å². The summed E-state index contributed by atoms with van der Waals surface area (Å²) in [6.45, 7) is 4.81. The Morgan fingerprint density at radius 3 is 2.50 bits per heavy atom. The molecule has 1 aliphatic heterocycles. The average Bonchev–Trinajstić information content (AvgIpc) is 2.84. The molecule has 0 aromatic heterocycles. The van der Waals surface area contributed by atoms with Gasteiger partial charge in [0, 0.05) is 6.04 Å². The maximum absolute atomic E-state index is 12.9. The normalized spacial score (nSPS) is 27.2. The molecule has 1 N–H and O–H groups in total. The van der Waals surface area contributed by atoms with E-state index in [1.165, 1.54) is 0 Å². The molecule has 1 aliphatic carbocycles. The first-order valence-electron chi connectivity index (χ1n) is 7.67. The molecule has 2 fully saturated rings. The van der Waals surface area contributed by atoms with E-state index in [1.807, 2.05) is 25.9 Å². The smallest absolute Gasteiger partial charge is 0.249 e. The minimum atomic E-state index is -0.601. The Morgan fingerprint density at radius 1 is 1.35 bits per heavy atom. The molecule has 5 heteroatoms. The van der Waals surface area contributed by atoms with E-state index < -0.39 is 5.54 Å². The Labute approximate surface area is 121 Å². The van der Waals surface area contributed by atoms with Crippen molar-refractivity contribution in [2.45, 2.75) is 63.6 Å². The number of rotatable bonds is 4. The molecule has 0 aromatic rings. The van der Waals surface area contributed by atoms with E-state index in [-0.39, 0.29) is 23.9 Å². The molecular weight excluding hydrogens is 254 g/mol. The first kappa shape index (κ1) is 15.3. The molecule has 5 nitrogen and oxygen atoms in total. The van der Waals surface area contributed by atoms with Crippen molar-refractivity contribution < 1.29 is 9.59 Å². The van der Waals surface area contributed by atoms with Crippen LogP contribution in [0.4, 0.5) is 0 Å². The molecule has 2 amide bonds. The highest BCUT2D eigenvalue weighted by Crippen LogP contribution is 2.35. The van der Waals surface area contributed by atoms with E-state index in [2.05, 4.69) is 17.1 Å². The number of piperazine rings is 1. The number of hydrogen-bond donors (Lipinski definition) is 1. The summed E-state index contributed by atoms with van der Waals surface area (Å²) >= 11 is 0. The standard InChI is InChI=1S/C15H27N3O2/c1-11(7-10-17(3)4)18-12(2)13(19)16-15(14(18)20)8-5-6-9-15/h11-12H,5-10H2,1-4H3,(H,16,19). The SMILES string of the molecule is CC(CCN(C)C)N1C(=O)C2(CCCC2)NC(=O)C1C. The van der Waals surface area contributed by atoms with Crippen molar-refractivity contribution in [2.75, 3.05) is 20.6 Å². The molecule has 2 unspecified atom stereocenters. The molecule has 0 aromatic carbocycles. The zero-order valence-corrected chi connectivity index (χ0v) is 13.1. The summed E-state index contributed by atoms with van der Waals surface area (Å²) in [5.74, 6) is 0.136. The highest BCUT2D eigenvalue weighted by molar-refractivity contribution is 6.00. The monoisotopic (exact) mass is 281 g/mol. The predicted molar refractivity (Wildman–Crippen MR) is 78.3 cm³/mol. The van der Waals surface area contributed by atoms with Gasteiger partial charge >= 0.3 is 0 Å². The van der Waals surface area contributed by atoms with Gasteiger partial charge < -0.3 is 15.1 Å². The van der Waals surface area contributed by atoms with Gasteiger partial charge in [0.15, 0.2) is 0 Å². The highest BCUT2D eigenvalue weighted by atomic mass is 16.2. The van der Waals surface area contributed by atoms with Gasteiger partial charge in [-0.05, 0) is 53.8 Å². The average molecular weight is 281 g/mol. The second-order valence-corrected chi connectivity index (χ2v) is 6.61. The Morgan fingerprint density at radius 2 is 1.95 bits per heavy atom. The fraction of sp³-hybridized carbons (Fsp3) is 0.867. The molecule has 2 atom stereocenters. The summed E-state index contributed by atoms with van der Waals surface area (Å²) in [5, 5.41) is 3.00.